The molecule has 1 aromatic rings. The minimum absolute atomic E-state index is 0.272. The molecule has 1 saturated heterocycles. The predicted octanol–water partition coefficient (Wildman–Crippen LogP) is 2.92. The largest absolute Gasteiger partial charge is 0.299 e. The molecule has 0 bridgehead atoms. The van der Waals surface area contributed by atoms with Crippen LogP contribution in [-0.4, -0.2) is 29.0 Å². The van der Waals surface area contributed by atoms with Gasteiger partial charge in [0.2, 0.25) is 0 Å². The fourth-order valence-electron chi connectivity index (χ4n) is 2.44. The van der Waals surface area contributed by atoms with Crippen LogP contribution in [0.15, 0.2) is 18.2 Å². The molecule has 5 heteroatoms. The lowest BCUT2D eigenvalue weighted by Crippen LogP contribution is -2.41. The van der Waals surface area contributed by atoms with Gasteiger partial charge in [0.1, 0.15) is 10.6 Å². The Hall–Kier alpha value is -1.56. The molecule has 1 aliphatic heterocycles. The molecule has 0 radical (unpaired) electrons. The zero-order chi connectivity index (χ0) is 14.6. The molecule has 1 heterocycles. The van der Waals surface area contributed by atoms with E-state index in [1.165, 1.54) is 12.1 Å². The number of hydrogen-bond acceptors (Lipinski definition) is 4. The quantitative estimate of drug-likeness (QED) is 0.858. The van der Waals surface area contributed by atoms with Crippen molar-refractivity contribution in [3.63, 3.8) is 0 Å². The van der Waals surface area contributed by atoms with Crippen LogP contribution in [0.2, 0.25) is 0 Å². The summed E-state index contributed by atoms with van der Waals surface area (Å²) in [6, 6.07) is 8.88. The van der Waals surface area contributed by atoms with Crippen molar-refractivity contribution < 1.29 is 4.39 Å². The maximum absolute atomic E-state index is 13.8. The number of halogens is 1. The average Bonchev–Trinajstić information content (AvgIpc) is 2.50. The lowest BCUT2D eigenvalue weighted by molar-refractivity contribution is 0.207. The second-order valence-electron chi connectivity index (χ2n) is 5.00. The third-order valence-electron chi connectivity index (χ3n) is 3.83. The Balaban J connectivity index is 2.03. The molecule has 1 aromatic carbocycles. The van der Waals surface area contributed by atoms with Crippen LogP contribution in [0.3, 0.4) is 0 Å². The van der Waals surface area contributed by atoms with Gasteiger partial charge in [-0.05, 0) is 37.3 Å². The summed E-state index contributed by atoms with van der Waals surface area (Å²) < 4.78 is 13.5. The SMILES string of the molecule is CSC1(C#N)CCN(Cc2cc(C#N)ccc2F)CC1. The minimum atomic E-state index is -0.288. The highest BCUT2D eigenvalue weighted by Gasteiger charge is 2.33. The third-order valence-corrected chi connectivity index (χ3v) is 5.11. The van der Waals surface area contributed by atoms with Gasteiger partial charge in [0.15, 0.2) is 0 Å². The first-order valence-electron chi connectivity index (χ1n) is 6.50. The van der Waals surface area contributed by atoms with Crippen molar-refractivity contribution >= 4 is 11.8 Å². The lowest BCUT2D eigenvalue weighted by Gasteiger charge is -2.36. The molecule has 0 atom stereocenters. The molecule has 3 nitrogen and oxygen atoms in total. The van der Waals surface area contributed by atoms with Crippen LogP contribution < -0.4 is 0 Å². The summed E-state index contributed by atoms with van der Waals surface area (Å²) in [4.78, 5) is 2.14. The van der Waals surface area contributed by atoms with Gasteiger partial charge in [-0.2, -0.15) is 10.5 Å². The molecular weight excluding hydrogens is 273 g/mol. The average molecular weight is 289 g/mol. The molecule has 0 aromatic heterocycles. The summed E-state index contributed by atoms with van der Waals surface area (Å²) in [6.45, 7) is 2.06. The summed E-state index contributed by atoms with van der Waals surface area (Å²) in [6.07, 6.45) is 3.56. The zero-order valence-corrected chi connectivity index (χ0v) is 12.2. The Morgan fingerprint density at radius 1 is 1.35 bits per heavy atom. The van der Waals surface area contributed by atoms with Gasteiger partial charge in [-0.25, -0.2) is 4.39 Å². The number of piperidine rings is 1. The van der Waals surface area contributed by atoms with E-state index in [1.54, 1.807) is 17.8 Å². The third kappa shape index (κ3) is 3.12. The zero-order valence-electron chi connectivity index (χ0n) is 11.4. The second-order valence-corrected chi connectivity index (χ2v) is 6.19. The molecule has 1 fully saturated rings. The molecule has 0 unspecified atom stereocenters. The predicted molar refractivity (Wildman–Crippen MR) is 77.5 cm³/mol. The molecule has 2 rings (SSSR count). The second kappa shape index (κ2) is 6.26. The maximum Gasteiger partial charge on any atom is 0.127 e. The van der Waals surface area contributed by atoms with Crippen molar-refractivity contribution in [2.75, 3.05) is 19.3 Å². The van der Waals surface area contributed by atoms with Gasteiger partial charge >= 0.3 is 0 Å². The molecule has 0 saturated carbocycles. The van der Waals surface area contributed by atoms with E-state index in [9.17, 15) is 9.65 Å². The van der Waals surface area contributed by atoms with Crippen molar-refractivity contribution in [2.45, 2.75) is 24.1 Å². The lowest BCUT2D eigenvalue weighted by atomic mass is 9.96. The molecular formula is C15H16FN3S. The summed E-state index contributed by atoms with van der Waals surface area (Å²) in [5, 5.41) is 18.1. The maximum atomic E-state index is 13.8. The molecule has 20 heavy (non-hydrogen) atoms. The van der Waals surface area contributed by atoms with Gasteiger partial charge in [-0.3, -0.25) is 4.90 Å². The first-order valence-corrected chi connectivity index (χ1v) is 7.72. The van der Waals surface area contributed by atoms with Crippen LogP contribution in [0.5, 0.6) is 0 Å². The normalized spacial score (nSPS) is 18.2. The molecule has 0 N–H and O–H groups in total. The van der Waals surface area contributed by atoms with E-state index in [0.717, 1.165) is 25.9 Å². The molecule has 0 amide bonds. The van der Waals surface area contributed by atoms with E-state index in [4.69, 9.17) is 5.26 Å². The highest BCUT2D eigenvalue weighted by Crippen LogP contribution is 2.34. The van der Waals surface area contributed by atoms with Gasteiger partial charge in [-0.15, -0.1) is 11.8 Å². The smallest absolute Gasteiger partial charge is 0.127 e. The van der Waals surface area contributed by atoms with Gasteiger partial charge in [0.05, 0.1) is 17.7 Å². The van der Waals surface area contributed by atoms with Gasteiger partial charge in [0.25, 0.3) is 0 Å². The van der Waals surface area contributed by atoms with Crippen LogP contribution in [0.1, 0.15) is 24.0 Å². The highest BCUT2D eigenvalue weighted by molar-refractivity contribution is 8.00. The minimum Gasteiger partial charge on any atom is -0.299 e. The van der Waals surface area contributed by atoms with Crippen LogP contribution in [0.25, 0.3) is 0 Å². The Morgan fingerprint density at radius 3 is 2.60 bits per heavy atom. The Morgan fingerprint density at radius 2 is 2.05 bits per heavy atom. The van der Waals surface area contributed by atoms with Crippen molar-refractivity contribution in [2.24, 2.45) is 0 Å². The van der Waals surface area contributed by atoms with Gasteiger partial charge in [-0.1, -0.05) is 0 Å². The van der Waals surface area contributed by atoms with Crippen molar-refractivity contribution in [3.8, 4) is 12.1 Å². The van der Waals surface area contributed by atoms with Crippen LogP contribution in [0.4, 0.5) is 4.39 Å². The number of nitrogens with zero attached hydrogens (tertiary/aromatic N) is 3. The van der Waals surface area contributed by atoms with Crippen LogP contribution >= 0.6 is 11.8 Å². The van der Waals surface area contributed by atoms with Crippen molar-refractivity contribution in [1.82, 2.24) is 4.90 Å². The molecule has 1 aliphatic rings. The van der Waals surface area contributed by atoms with Crippen LogP contribution in [-0.2, 0) is 6.54 Å². The van der Waals surface area contributed by atoms with Crippen molar-refractivity contribution in [1.29, 1.82) is 10.5 Å². The van der Waals surface area contributed by atoms with E-state index in [1.807, 2.05) is 12.3 Å². The van der Waals surface area contributed by atoms with Gasteiger partial charge < -0.3 is 0 Å². The molecule has 0 aliphatic carbocycles. The first kappa shape index (κ1) is 14.8. The summed E-state index contributed by atoms with van der Waals surface area (Å²) in [7, 11) is 0. The highest BCUT2D eigenvalue weighted by atomic mass is 32.2. The Bertz CT molecular complexity index is 565. The van der Waals surface area contributed by atoms with E-state index >= 15 is 0 Å². The van der Waals surface area contributed by atoms with E-state index in [2.05, 4.69) is 11.0 Å². The fourth-order valence-corrected chi connectivity index (χ4v) is 3.12. The number of likely N-dealkylation sites (tertiary alicyclic amines) is 1. The van der Waals surface area contributed by atoms with Gasteiger partial charge in [0, 0.05) is 25.2 Å². The number of nitriles is 2. The van der Waals surface area contributed by atoms with E-state index < -0.39 is 0 Å². The number of benzene rings is 1. The molecule has 104 valence electrons. The molecule has 0 spiro atoms. The number of hydrogen-bond donors (Lipinski definition) is 0. The summed E-state index contributed by atoms with van der Waals surface area (Å²) >= 11 is 1.61. The monoisotopic (exact) mass is 289 g/mol. The van der Waals surface area contributed by atoms with E-state index in [0.29, 0.717) is 17.7 Å². The van der Waals surface area contributed by atoms with Crippen LogP contribution in [0, 0.1) is 28.5 Å². The Kier molecular flexibility index (Phi) is 4.65. The number of rotatable bonds is 3. The summed E-state index contributed by atoms with van der Waals surface area (Å²) in [5.74, 6) is -0.272. The number of thioether (sulfide) groups is 1. The van der Waals surface area contributed by atoms with Crippen molar-refractivity contribution in [3.05, 3.63) is 35.1 Å². The Labute approximate surface area is 123 Å². The topological polar surface area (TPSA) is 50.8 Å². The standard InChI is InChI=1S/C15H16FN3S/c1-20-15(11-18)4-6-19(7-5-15)10-13-8-12(9-17)2-3-14(13)16/h2-3,8H,4-7,10H2,1H3. The van der Waals surface area contributed by atoms with E-state index in [-0.39, 0.29) is 10.6 Å². The summed E-state index contributed by atoms with van der Waals surface area (Å²) in [5.41, 5.74) is 1.03. The first-order chi connectivity index (χ1) is 9.62. The fraction of sp³-hybridized carbons (Fsp3) is 0.467.